The van der Waals surface area contributed by atoms with Gasteiger partial charge in [0.05, 0.1) is 39.9 Å². The second-order valence-electron chi connectivity index (χ2n) is 6.80. The van der Waals surface area contributed by atoms with Crippen LogP contribution in [0, 0.1) is 11.3 Å². The number of benzene rings is 2. The van der Waals surface area contributed by atoms with Crippen LogP contribution in [0.4, 0.5) is 0 Å². The Bertz CT molecular complexity index is 1150. The van der Waals surface area contributed by atoms with Gasteiger partial charge in [-0.3, -0.25) is 9.59 Å². The molecule has 1 aromatic heterocycles. The summed E-state index contributed by atoms with van der Waals surface area (Å²) in [5.74, 6) is -0.555. The number of furan rings is 1. The Morgan fingerprint density at radius 3 is 2.53 bits per heavy atom. The SMILES string of the molecule is C[C@@](CO)(NC(=O)c1cc(-c2ccc(C=O)o2)c(O)cc1Cl)c1ccc(C#N)cc1. The lowest BCUT2D eigenvalue weighted by Crippen LogP contribution is -2.46. The van der Waals surface area contributed by atoms with Crippen LogP contribution in [0.5, 0.6) is 5.75 Å². The highest BCUT2D eigenvalue weighted by atomic mass is 35.5. The number of rotatable bonds is 6. The van der Waals surface area contributed by atoms with Crippen LogP contribution >= 0.6 is 11.6 Å². The summed E-state index contributed by atoms with van der Waals surface area (Å²) in [4.78, 5) is 23.8. The Morgan fingerprint density at radius 2 is 1.97 bits per heavy atom. The first-order valence-corrected chi connectivity index (χ1v) is 9.21. The van der Waals surface area contributed by atoms with Crippen LogP contribution in [0.15, 0.2) is 52.9 Å². The molecule has 1 atom stereocenters. The van der Waals surface area contributed by atoms with E-state index >= 15 is 0 Å². The van der Waals surface area contributed by atoms with E-state index in [0.29, 0.717) is 17.4 Å². The number of aliphatic hydroxyl groups excluding tert-OH is 1. The molecule has 0 bridgehead atoms. The molecule has 0 spiro atoms. The summed E-state index contributed by atoms with van der Waals surface area (Å²) in [5.41, 5.74) is 0.115. The molecule has 0 aliphatic rings. The Hall–Kier alpha value is -3.60. The Morgan fingerprint density at radius 1 is 1.27 bits per heavy atom. The molecule has 1 amide bonds. The number of nitriles is 1. The predicted octanol–water partition coefficient (Wildman–Crippen LogP) is 3.63. The van der Waals surface area contributed by atoms with Gasteiger partial charge in [0.2, 0.25) is 0 Å². The Balaban J connectivity index is 1.96. The van der Waals surface area contributed by atoms with Crippen molar-refractivity contribution in [2.45, 2.75) is 12.5 Å². The van der Waals surface area contributed by atoms with E-state index in [0.717, 1.165) is 0 Å². The van der Waals surface area contributed by atoms with Crippen molar-refractivity contribution in [1.82, 2.24) is 5.32 Å². The minimum absolute atomic E-state index is 0.00367. The van der Waals surface area contributed by atoms with Gasteiger partial charge in [-0.05, 0) is 42.8 Å². The van der Waals surface area contributed by atoms with Crippen molar-refractivity contribution in [3.63, 3.8) is 0 Å². The molecule has 3 aromatic rings. The van der Waals surface area contributed by atoms with Crippen LogP contribution in [0.25, 0.3) is 11.3 Å². The number of phenols is 1. The molecule has 3 N–H and O–H groups in total. The highest BCUT2D eigenvalue weighted by Gasteiger charge is 2.29. The van der Waals surface area contributed by atoms with Crippen LogP contribution < -0.4 is 5.32 Å². The first-order valence-electron chi connectivity index (χ1n) is 8.83. The van der Waals surface area contributed by atoms with Crippen LogP contribution in [-0.2, 0) is 5.54 Å². The number of nitrogens with zero attached hydrogens (tertiary/aromatic N) is 1. The number of aliphatic hydroxyl groups is 1. The van der Waals surface area contributed by atoms with E-state index in [-0.39, 0.29) is 33.4 Å². The monoisotopic (exact) mass is 424 g/mol. The second kappa shape index (κ2) is 8.41. The Labute approximate surface area is 177 Å². The van der Waals surface area contributed by atoms with E-state index in [1.807, 2.05) is 6.07 Å². The van der Waals surface area contributed by atoms with Gasteiger partial charge in [0, 0.05) is 6.07 Å². The summed E-state index contributed by atoms with van der Waals surface area (Å²) in [6.45, 7) is 1.22. The minimum atomic E-state index is -1.15. The number of carbonyl (C=O) groups excluding carboxylic acids is 2. The average Bonchev–Trinajstić information content (AvgIpc) is 3.22. The van der Waals surface area contributed by atoms with E-state index < -0.39 is 18.1 Å². The summed E-state index contributed by atoms with van der Waals surface area (Å²) < 4.78 is 5.32. The molecular formula is C22H17ClN2O5. The third-order valence-electron chi connectivity index (χ3n) is 4.70. The number of nitrogens with one attached hydrogen (secondary N) is 1. The van der Waals surface area contributed by atoms with Gasteiger partial charge in [0.25, 0.3) is 5.91 Å². The van der Waals surface area contributed by atoms with Crippen molar-refractivity contribution >= 4 is 23.8 Å². The number of hydrogen-bond acceptors (Lipinski definition) is 6. The molecule has 1 heterocycles. The van der Waals surface area contributed by atoms with Crippen molar-refractivity contribution in [2.24, 2.45) is 0 Å². The molecule has 7 nitrogen and oxygen atoms in total. The van der Waals surface area contributed by atoms with Crippen LogP contribution in [0.1, 0.15) is 39.0 Å². The van der Waals surface area contributed by atoms with Gasteiger partial charge < -0.3 is 19.9 Å². The van der Waals surface area contributed by atoms with Gasteiger partial charge in [-0.1, -0.05) is 23.7 Å². The predicted molar refractivity (Wildman–Crippen MR) is 109 cm³/mol. The summed E-state index contributed by atoms with van der Waals surface area (Å²) >= 11 is 6.17. The molecule has 2 aromatic carbocycles. The van der Waals surface area contributed by atoms with E-state index in [2.05, 4.69) is 5.32 Å². The van der Waals surface area contributed by atoms with Gasteiger partial charge >= 0.3 is 0 Å². The lowest BCUT2D eigenvalue weighted by Gasteiger charge is -2.29. The van der Waals surface area contributed by atoms with Gasteiger partial charge in [0.1, 0.15) is 11.5 Å². The first-order chi connectivity index (χ1) is 14.3. The van der Waals surface area contributed by atoms with Crippen molar-refractivity contribution in [1.29, 1.82) is 5.26 Å². The lowest BCUT2D eigenvalue weighted by molar-refractivity contribution is 0.0849. The molecule has 152 valence electrons. The summed E-state index contributed by atoms with van der Waals surface area (Å²) in [5, 5.41) is 31.8. The number of aromatic hydroxyl groups is 1. The van der Waals surface area contributed by atoms with E-state index in [4.69, 9.17) is 21.3 Å². The summed E-state index contributed by atoms with van der Waals surface area (Å²) in [7, 11) is 0. The molecule has 0 aliphatic carbocycles. The van der Waals surface area contributed by atoms with Gasteiger partial charge in [-0.25, -0.2) is 0 Å². The molecule has 3 rings (SSSR count). The molecule has 30 heavy (non-hydrogen) atoms. The quantitative estimate of drug-likeness (QED) is 0.519. The highest BCUT2D eigenvalue weighted by molar-refractivity contribution is 6.34. The van der Waals surface area contributed by atoms with Crippen molar-refractivity contribution in [3.8, 4) is 23.1 Å². The van der Waals surface area contributed by atoms with E-state index in [1.54, 1.807) is 31.2 Å². The fraction of sp³-hybridized carbons (Fsp3) is 0.136. The fourth-order valence-electron chi connectivity index (χ4n) is 2.93. The first kappa shape index (κ1) is 21.1. The maximum absolute atomic E-state index is 13.0. The number of carbonyl (C=O) groups is 2. The molecule has 0 saturated carbocycles. The number of hydrogen-bond donors (Lipinski definition) is 3. The molecule has 0 saturated heterocycles. The fourth-order valence-corrected chi connectivity index (χ4v) is 3.17. The molecular weight excluding hydrogens is 408 g/mol. The second-order valence-corrected chi connectivity index (χ2v) is 7.21. The van der Waals surface area contributed by atoms with Gasteiger partial charge in [-0.2, -0.15) is 5.26 Å². The zero-order valence-electron chi connectivity index (χ0n) is 15.8. The molecule has 0 aliphatic heterocycles. The molecule has 0 fully saturated rings. The topological polar surface area (TPSA) is 124 Å². The Kier molecular flexibility index (Phi) is 5.92. The normalized spacial score (nSPS) is 12.6. The zero-order chi connectivity index (χ0) is 21.9. The molecule has 0 radical (unpaired) electrons. The average molecular weight is 425 g/mol. The molecule has 8 heteroatoms. The van der Waals surface area contributed by atoms with Crippen molar-refractivity contribution < 1.29 is 24.2 Å². The zero-order valence-corrected chi connectivity index (χ0v) is 16.6. The maximum atomic E-state index is 13.0. The van der Waals surface area contributed by atoms with Crippen molar-refractivity contribution in [3.05, 3.63) is 76.0 Å². The van der Waals surface area contributed by atoms with E-state index in [9.17, 15) is 19.8 Å². The maximum Gasteiger partial charge on any atom is 0.253 e. The highest BCUT2D eigenvalue weighted by Crippen LogP contribution is 2.35. The molecule has 0 unspecified atom stereocenters. The number of halogens is 1. The van der Waals surface area contributed by atoms with E-state index in [1.165, 1.54) is 24.3 Å². The number of phenolic OH excluding ortho intramolecular Hbond substituents is 1. The van der Waals surface area contributed by atoms with Gasteiger partial charge in [-0.15, -0.1) is 0 Å². The minimum Gasteiger partial charge on any atom is -0.507 e. The standard InChI is InChI=1S/C22H17ClN2O5/c1-22(12-27,14-4-2-13(10-24)3-5-14)25-21(29)16-8-17(19(28)9-18(16)23)20-7-6-15(11-26)30-20/h2-9,11,27-28H,12H2,1H3,(H,25,29)/t22-/m0/s1. The summed E-state index contributed by atoms with van der Waals surface area (Å²) in [6.07, 6.45) is 0.522. The van der Waals surface area contributed by atoms with Crippen LogP contribution in [-0.4, -0.2) is 29.0 Å². The number of aldehydes is 1. The smallest absolute Gasteiger partial charge is 0.253 e. The van der Waals surface area contributed by atoms with Crippen LogP contribution in [0.3, 0.4) is 0 Å². The van der Waals surface area contributed by atoms with Crippen molar-refractivity contribution in [2.75, 3.05) is 6.61 Å². The summed E-state index contributed by atoms with van der Waals surface area (Å²) in [6, 6.07) is 13.9. The van der Waals surface area contributed by atoms with Crippen LogP contribution in [0.2, 0.25) is 5.02 Å². The number of amides is 1. The third-order valence-corrected chi connectivity index (χ3v) is 5.01. The van der Waals surface area contributed by atoms with Gasteiger partial charge in [0.15, 0.2) is 12.0 Å². The third kappa shape index (κ3) is 4.06. The largest absolute Gasteiger partial charge is 0.507 e. The lowest BCUT2D eigenvalue weighted by atomic mass is 9.91.